The first-order chi connectivity index (χ1) is 11.0. The van der Waals surface area contributed by atoms with Crippen LogP contribution >= 0.6 is 24.0 Å². The van der Waals surface area contributed by atoms with Crippen molar-refractivity contribution in [1.82, 2.24) is 25.7 Å². The van der Waals surface area contributed by atoms with E-state index in [1.807, 2.05) is 6.92 Å². The van der Waals surface area contributed by atoms with Gasteiger partial charge in [-0.3, -0.25) is 4.90 Å². The summed E-state index contributed by atoms with van der Waals surface area (Å²) in [4.78, 5) is 11.1. The Balaban J connectivity index is 0.00000288. The molecule has 1 aliphatic heterocycles. The Morgan fingerprint density at radius 3 is 2.58 bits per heavy atom. The number of aryl methyl sites for hydroxylation is 1. The van der Waals surface area contributed by atoms with Gasteiger partial charge in [0.15, 0.2) is 11.8 Å². The Hall–Kier alpha value is -0.940. The molecule has 24 heavy (non-hydrogen) atoms. The van der Waals surface area contributed by atoms with Crippen LogP contribution in [0.4, 0.5) is 0 Å². The number of nitrogens with zero attached hydrogens (tertiary/aromatic N) is 4. The summed E-state index contributed by atoms with van der Waals surface area (Å²) in [5.41, 5.74) is 0.0288. The summed E-state index contributed by atoms with van der Waals surface area (Å²) >= 11 is 0. The number of ether oxygens (including phenoxy) is 1. The van der Waals surface area contributed by atoms with Gasteiger partial charge in [-0.2, -0.15) is 4.98 Å². The van der Waals surface area contributed by atoms with Crippen LogP contribution in [0.5, 0.6) is 0 Å². The molecule has 0 amide bonds. The van der Waals surface area contributed by atoms with Gasteiger partial charge in [0.05, 0.1) is 13.2 Å². The first kappa shape index (κ1) is 21.1. The van der Waals surface area contributed by atoms with E-state index in [1.54, 1.807) is 6.92 Å². The van der Waals surface area contributed by atoms with Gasteiger partial charge in [0, 0.05) is 31.7 Å². The Morgan fingerprint density at radius 2 is 2.00 bits per heavy atom. The van der Waals surface area contributed by atoms with Crippen LogP contribution in [0, 0.1) is 6.92 Å². The number of aromatic nitrogens is 2. The van der Waals surface area contributed by atoms with E-state index in [1.165, 1.54) is 0 Å². The number of hydrogen-bond acceptors (Lipinski definition) is 6. The Labute approximate surface area is 160 Å². The van der Waals surface area contributed by atoms with Gasteiger partial charge >= 0.3 is 0 Å². The number of nitrogens with one attached hydrogen (secondary N) is 2. The lowest BCUT2D eigenvalue weighted by atomic mass is 10.0. The van der Waals surface area contributed by atoms with Gasteiger partial charge in [-0.15, -0.1) is 24.0 Å². The van der Waals surface area contributed by atoms with Crippen molar-refractivity contribution in [2.45, 2.75) is 39.8 Å². The molecule has 0 unspecified atom stereocenters. The molecule has 1 aromatic heterocycles. The molecule has 1 aromatic rings. The van der Waals surface area contributed by atoms with Crippen molar-refractivity contribution in [2.75, 3.05) is 39.4 Å². The lowest BCUT2D eigenvalue weighted by Crippen LogP contribution is -2.56. The highest BCUT2D eigenvalue weighted by molar-refractivity contribution is 14.0. The number of morpholine rings is 1. The molecule has 0 aromatic carbocycles. The summed E-state index contributed by atoms with van der Waals surface area (Å²) in [5, 5.41) is 10.4. The second-order valence-electron chi connectivity index (χ2n) is 6.20. The summed E-state index contributed by atoms with van der Waals surface area (Å²) in [7, 11) is 0. The largest absolute Gasteiger partial charge is 0.379 e. The van der Waals surface area contributed by atoms with Crippen LogP contribution in [-0.2, 0) is 11.3 Å². The fraction of sp³-hybridized carbons (Fsp3) is 0.800. The third kappa shape index (κ3) is 6.52. The predicted molar refractivity (Wildman–Crippen MR) is 104 cm³/mol. The second-order valence-corrected chi connectivity index (χ2v) is 6.20. The van der Waals surface area contributed by atoms with E-state index >= 15 is 0 Å². The smallest absolute Gasteiger partial charge is 0.248 e. The molecule has 1 saturated heterocycles. The molecule has 138 valence electrons. The maximum absolute atomic E-state index is 5.43. The molecule has 2 rings (SSSR count). The quantitative estimate of drug-likeness (QED) is 0.381. The molecule has 0 spiro atoms. The molecule has 1 aliphatic rings. The van der Waals surface area contributed by atoms with Crippen LogP contribution < -0.4 is 10.6 Å². The average molecular weight is 452 g/mol. The molecular formula is C15H29IN6O2. The number of rotatable bonds is 6. The molecule has 0 aliphatic carbocycles. The molecule has 1 fully saturated rings. The lowest BCUT2D eigenvalue weighted by molar-refractivity contribution is -0.00834. The first-order valence-electron chi connectivity index (χ1n) is 8.15. The minimum atomic E-state index is 0. The molecule has 0 bridgehead atoms. The number of halogens is 1. The third-order valence-electron chi connectivity index (χ3n) is 3.84. The predicted octanol–water partition coefficient (Wildman–Crippen LogP) is 1.16. The standard InChI is InChI=1S/C15H28N6O2.HI/c1-5-16-14(17-10-13-19-12(2)20-23-13)18-11-15(3,4)21-6-8-22-9-7-21;/h5-11H2,1-4H3,(H2,16,17,18);1H. The van der Waals surface area contributed by atoms with Crippen LogP contribution in [-0.4, -0.2) is 65.9 Å². The molecule has 0 atom stereocenters. The maximum Gasteiger partial charge on any atom is 0.248 e. The van der Waals surface area contributed by atoms with Gasteiger partial charge in [-0.05, 0) is 27.7 Å². The molecule has 2 heterocycles. The minimum Gasteiger partial charge on any atom is -0.379 e. The van der Waals surface area contributed by atoms with Crippen LogP contribution in [0.15, 0.2) is 9.52 Å². The highest BCUT2D eigenvalue weighted by Gasteiger charge is 2.28. The van der Waals surface area contributed by atoms with E-state index in [4.69, 9.17) is 9.26 Å². The number of aliphatic imine (C=N–C) groups is 1. The molecule has 0 radical (unpaired) electrons. The normalized spacial score (nSPS) is 16.6. The first-order valence-corrected chi connectivity index (χ1v) is 8.15. The van der Waals surface area contributed by atoms with Crippen molar-refractivity contribution in [3.63, 3.8) is 0 Å². The number of guanidine groups is 1. The van der Waals surface area contributed by atoms with Crippen LogP contribution in [0.3, 0.4) is 0 Å². The fourth-order valence-electron chi connectivity index (χ4n) is 2.47. The van der Waals surface area contributed by atoms with E-state index in [0.717, 1.165) is 45.4 Å². The molecule has 8 nitrogen and oxygen atoms in total. The topological polar surface area (TPSA) is 87.8 Å². The maximum atomic E-state index is 5.43. The van der Waals surface area contributed by atoms with Crippen molar-refractivity contribution in [3.8, 4) is 0 Å². The monoisotopic (exact) mass is 452 g/mol. The lowest BCUT2D eigenvalue weighted by Gasteiger charge is -2.41. The van der Waals surface area contributed by atoms with Gasteiger partial charge in [-0.1, -0.05) is 5.16 Å². The summed E-state index contributed by atoms with van der Waals surface area (Å²) < 4.78 is 10.5. The number of hydrogen-bond donors (Lipinski definition) is 2. The minimum absolute atomic E-state index is 0. The van der Waals surface area contributed by atoms with E-state index in [-0.39, 0.29) is 29.5 Å². The van der Waals surface area contributed by atoms with Gasteiger partial charge in [0.2, 0.25) is 5.89 Å². The van der Waals surface area contributed by atoms with Crippen molar-refractivity contribution in [3.05, 3.63) is 11.7 Å². The Morgan fingerprint density at radius 1 is 1.29 bits per heavy atom. The van der Waals surface area contributed by atoms with Crippen LogP contribution in [0.1, 0.15) is 32.5 Å². The van der Waals surface area contributed by atoms with E-state index in [0.29, 0.717) is 18.3 Å². The molecular weight excluding hydrogens is 423 g/mol. The zero-order chi connectivity index (χ0) is 16.7. The zero-order valence-electron chi connectivity index (χ0n) is 15.0. The van der Waals surface area contributed by atoms with Gasteiger partial charge < -0.3 is 19.9 Å². The van der Waals surface area contributed by atoms with Gasteiger partial charge in [0.1, 0.15) is 6.54 Å². The summed E-state index contributed by atoms with van der Waals surface area (Å²) in [6, 6.07) is 0. The fourth-order valence-corrected chi connectivity index (χ4v) is 2.47. The van der Waals surface area contributed by atoms with Crippen LogP contribution in [0.25, 0.3) is 0 Å². The Kier molecular flexibility index (Phi) is 8.92. The van der Waals surface area contributed by atoms with E-state index < -0.39 is 0 Å². The van der Waals surface area contributed by atoms with Gasteiger partial charge in [0.25, 0.3) is 0 Å². The van der Waals surface area contributed by atoms with E-state index in [9.17, 15) is 0 Å². The van der Waals surface area contributed by atoms with Crippen molar-refractivity contribution < 1.29 is 9.26 Å². The van der Waals surface area contributed by atoms with Crippen LogP contribution in [0.2, 0.25) is 0 Å². The van der Waals surface area contributed by atoms with Crippen molar-refractivity contribution in [1.29, 1.82) is 0 Å². The van der Waals surface area contributed by atoms with Crippen molar-refractivity contribution >= 4 is 29.9 Å². The molecule has 2 N–H and O–H groups in total. The Bertz CT molecular complexity index is 514. The van der Waals surface area contributed by atoms with E-state index in [2.05, 4.69) is 44.5 Å². The third-order valence-corrected chi connectivity index (χ3v) is 3.84. The molecule has 0 saturated carbocycles. The summed E-state index contributed by atoms with van der Waals surface area (Å²) in [6.07, 6.45) is 0. The van der Waals surface area contributed by atoms with Gasteiger partial charge in [-0.25, -0.2) is 4.99 Å². The zero-order valence-corrected chi connectivity index (χ0v) is 17.3. The highest BCUT2D eigenvalue weighted by Crippen LogP contribution is 2.15. The summed E-state index contributed by atoms with van der Waals surface area (Å²) in [5.74, 6) is 1.90. The molecule has 9 heteroatoms. The highest BCUT2D eigenvalue weighted by atomic mass is 127. The second kappa shape index (κ2) is 10.1. The average Bonchev–Trinajstić information content (AvgIpc) is 2.96. The SMILES string of the molecule is CCNC(=NCc1nc(C)no1)NCC(C)(C)N1CCOCC1.I. The summed E-state index contributed by atoms with van der Waals surface area (Å²) in [6.45, 7) is 13.8. The van der Waals surface area contributed by atoms with Crippen molar-refractivity contribution in [2.24, 2.45) is 4.99 Å².